The molecule has 3 nitrogen and oxygen atoms in total. The Labute approximate surface area is 109 Å². The molecule has 0 saturated heterocycles. The van der Waals surface area contributed by atoms with Crippen LogP contribution in [0, 0.1) is 18.3 Å². The van der Waals surface area contributed by atoms with Crippen LogP contribution < -0.4 is 5.32 Å². The summed E-state index contributed by atoms with van der Waals surface area (Å²) < 4.78 is 0. The molecule has 1 amide bonds. The third-order valence-electron chi connectivity index (χ3n) is 2.93. The lowest BCUT2D eigenvalue weighted by Gasteiger charge is -2.21. The number of nitriles is 1. The van der Waals surface area contributed by atoms with Crippen molar-refractivity contribution in [3.05, 3.63) is 34.9 Å². The van der Waals surface area contributed by atoms with Gasteiger partial charge >= 0.3 is 0 Å². The maximum absolute atomic E-state index is 11.3. The summed E-state index contributed by atoms with van der Waals surface area (Å²) in [6.07, 6.45) is -0.0853. The van der Waals surface area contributed by atoms with E-state index in [1.165, 1.54) is 5.56 Å². The summed E-state index contributed by atoms with van der Waals surface area (Å²) in [5.41, 5.74) is 3.60. The van der Waals surface area contributed by atoms with Gasteiger partial charge < -0.3 is 5.32 Å². The fraction of sp³-hybridized carbons (Fsp3) is 0.467. The Morgan fingerprint density at radius 1 is 1.39 bits per heavy atom. The Morgan fingerprint density at radius 3 is 2.61 bits per heavy atom. The van der Waals surface area contributed by atoms with Gasteiger partial charge in [0.2, 0.25) is 5.91 Å². The first-order valence-corrected chi connectivity index (χ1v) is 6.08. The van der Waals surface area contributed by atoms with Gasteiger partial charge in [-0.1, -0.05) is 39.0 Å². The van der Waals surface area contributed by atoms with Crippen molar-refractivity contribution in [1.29, 1.82) is 5.26 Å². The molecule has 1 aromatic carbocycles. The number of carbonyl (C=O) groups is 1. The average molecular weight is 244 g/mol. The lowest BCUT2D eigenvalue weighted by molar-refractivity contribution is -0.120. The first-order chi connectivity index (χ1) is 8.34. The second-order valence-electron chi connectivity index (χ2n) is 5.50. The molecule has 0 radical (unpaired) electrons. The molecule has 0 bridgehead atoms. The molecule has 1 N–H and O–H groups in total. The zero-order valence-electron chi connectivity index (χ0n) is 11.5. The fourth-order valence-corrected chi connectivity index (χ4v) is 1.66. The molecule has 0 aliphatic carbocycles. The molecule has 1 rings (SSSR count). The summed E-state index contributed by atoms with van der Waals surface area (Å²) in [4.78, 5) is 11.3. The molecular weight excluding hydrogens is 224 g/mol. The van der Waals surface area contributed by atoms with Crippen molar-refractivity contribution in [2.24, 2.45) is 0 Å². The van der Waals surface area contributed by atoms with Crippen LogP contribution in [-0.4, -0.2) is 5.91 Å². The molecule has 0 spiro atoms. The third-order valence-corrected chi connectivity index (χ3v) is 2.93. The zero-order valence-corrected chi connectivity index (χ0v) is 11.5. The van der Waals surface area contributed by atoms with Gasteiger partial charge in [0.05, 0.1) is 6.07 Å². The molecule has 0 fully saturated rings. The van der Waals surface area contributed by atoms with Crippen LogP contribution in [0.4, 0.5) is 0 Å². The van der Waals surface area contributed by atoms with Gasteiger partial charge in [0, 0.05) is 6.54 Å². The first-order valence-electron chi connectivity index (χ1n) is 6.08. The van der Waals surface area contributed by atoms with Gasteiger partial charge in [-0.15, -0.1) is 0 Å². The molecular formula is C15H20N2O. The van der Waals surface area contributed by atoms with E-state index < -0.39 is 0 Å². The van der Waals surface area contributed by atoms with Crippen LogP contribution in [0.5, 0.6) is 0 Å². The lowest BCUT2D eigenvalue weighted by Crippen LogP contribution is -2.22. The number of amides is 1. The van der Waals surface area contributed by atoms with Crippen molar-refractivity contribution < 1.29 is 4.79 Å². The number of hydrogen-bond acceptors (Lipinski definition) is 2. The predicted octanol–water partition coefficient (Wildman–Crippen LogP) is 2.82. The van der Waals surface area contributed by atoms with Gasteiger partial charge in [-0.3, -0.25) is 4.79 Å². The van der Waals surface area contributed by atoms with E-state index >= 15 is 0 Å². The molecule has 1 aromatic rings. The lowest BCUT2D eigenvalue weighted by atomic mass is 9.85. The fourth-order valence-electron chi connectivity index (χ4n) is 1.66. The molecule has 0 aromatic heterocycles. The molecule has 3 heteroatoms. The van der Waals surface area contributed by atoms with Crippen LogP contribution in [0.25, 0.3) is 0 Å². The van der Waals surface area contributed by atoms with E-state index in [1.54, 1.807) is 0 Å². The van der Waals surface area contributed by atoms with Gasteiger partial charge in [-0.2, -0.15) is 5.26 Å². The van der Waals surface area contributed by atoms with E-state index in [-0.39, 0.29) is 17.7 Å². The van der Waals surface area contributed by atoms with Gasteiger partial charge in [0.25, 0.3) is 0 Å². The van der Waals surface area contributed by atoms with E-state index in [4.69, 9.17) is 5.26 Å². The van der Waals surface area contributed by atoms with Crippen molar-refractivity contribution in [2.75, 3.05) is 0 Å². The van der Waals surface area contributed by atoms with Crippen LogP contribution in [0.15, 0.2) is 18.2 Å². The Bertz CT molecular complexity index is 478. The van der Waals surface area contributed by atoms with Crippen molar-refractivity contribution in [3.8, 4) is 6.07 Å². The molecule has 0 heterocycles. The second kappa shape index (κ2) is 5.68. The minimum absolute atomic E-state index is 0.0853. The molecule has 0 aliphatic heterocycles. The standard InChI is InChI=1S/C15H20N2O/c1-11-5-6-13(15(2,3)4)9-12(11)10-17-14(18)7-8-16/h5-6,9H,7,10H2,1-4H3,(H,17,18). The summed E-state index contributed by atoms with van der Waals surface area (Å²) in [5.74, 6) is -0.224. The smallest absolute Gasteiger partial charge is 0.234 e. The van der Waals surface area contributed by atoms with Crippen LogP contribution >= 0.6 is 0 Å². The second-order valence-corrected chi connectivity index (χ2v) is 5.50. The summed E-state index contributed by atoms with van der Waals surface area (Å²) in [6, 6.07) is 8.17. The van der Waals surface area contributed by atoms with Crippen molar-refractivity contribution >= 4 is 5.91 Å². The van der Waals surface area contributed by atoms with E-state index in [2.05, 4.69) is 44.3 Å². The van der Waals surface area contributed by atoms with Crippen LogP contribution in [0.3, 0.4) is 0 Å². The third kappa shape index (κ3) is 3.89. The Balaban J connectivity index is 2.83. The van der Waals surface area contributed by atoms with Crippen LogP contribution in [0.2, 0.25) is 0 Å². The number of nitrogens with zero attached hydrogens (tertiary/aromatic N) is 1. The quantitative estimate of drug-likeness (QED) is 0.888. The molecule has 0 aliphatic rings. The number of nitrogens with one attached hydrogen (secondary N) is 1. The number of hydrogen-bond donors (Lipinski definition) is 1. The summed E-state index contributed by atoms with van der Waals surface area (Å²) in [7, 11) is 0. The summed E-state index contributed by atoms with van der Waals surface area (Å²) in [6.45, 7) is 9.00. The van der Waals surface area contributed by atoms with E-state index in [1.807, 2.05) is 13.0 Å². The first kappa shape index (κ1) is 14.2. The number of rotatable bonds is 3. The predicted molar refractivity (Wildman–Crippen MR) is 72.0 cm³/mol. The van der Waals surface area contributed by atoms with Crippen LogP contribution in [0.1, 0.15) is 43.9 Å². The molecule has 0 unspecified atom stereocenters. The Hall–Kier alpha value is -1.82. The Kier molecular flexibility index (Phi) is 4.49. The summed E-state index contributed by atoms with van der Waals surface area (Å²) in [5, 5.41) is 11.2. The van der Waals surface area contributed by atoms with E-state index in [9.17, 15) is 4.79 Å². The normalized spacial score (nSPS) is 10.8. The monoisotopic (exact) mass is 244 g/mol. The van der Waals surface area contributed by atoms with Crippen molar-refractivity contribution in [1.82, 2.24) is 5.32 Å². The number of aryl methyl sites for hydroxylation is 1. The minimum atomic E-state index is -0.224. The van der Waals surface area contributed by atoms with Gasteiger partial charge in [-0.25, -0.2) is 0 Å². The SMILES string of the molecule is Cc1ccc(C(C)(C)C)cc1CNC(=O)CC#N. The Morgan fingerprint density at radius 2 is 2.06 bits per heavy atom. The van der Waals surface area contributed by atoms with Gasteiger partial charge in [0.15, 0.2) is 0 Å². The highest BCUT2D eigenvalue weighted by Crippen LogP contribution is 2.24. The van der Waals surface area contributed by atoms with Gasteiger partial charge in [-0.05, 0) is 29.0 Å². The maximum atomic E-state index is 11.3. The minimum Gasteiger partial charge on any atom is -0.351 e. The molecule has 0 atom stereocenters. The highest BCUT2D eigenvalue weighted by atomic mass is 16.1. The zero-order chi connectivity index (χ0) is 13.8. The topological polar surface area (TPSA) is 52.9 Å². The van der Waals surface area contributed by atoms with E-state index in [0.717, 1.165) is 11.1 Å². The molecule has 0 saturated carbocycles. The van der Waals surface area contributed by atoms with E-state index in [0.29, 0.717) is 6.54 Å². The number of carbonyl (C=O) groups excluding carboxylic acids is 1. The molecule has 96 valence electrons. The average Bonchev–Trinajstić information content (AvgIpc) is 2.26. The van der Waals surface area contributed by atoms with Crippen molar-refractivity contribution in [2.45, 2.75) is 46.1 Å². The highest BCUT2D eigenvalue weighted by molar-refractivity contribution is 5.77. The maximum Gasteiger partial charge on any atom is 0.234 e. The van der Waals surface area contributed by atoms with Crippen molar-refractivity contribution in [3.63, 3.8) is 0 Å². The largest absolute Gasteiger partial charge is 0.351 e. The highest BCUT2D eigenvalue weighted by Gasteiger charge is 2.14. The van der Waals surface area contributed by atoms with Gasteiger partial charge in [0.1, 0.15) is 6.42 Å². The number of benzene rings is 1. The van der Waals surface area contributed by atoms with Crippen LogP contribution in [-0.2, 0) is 16.8 Å². The molecule has 18 heavy (non-hydrogen) atoms. The summed E-state index contributed by atoms with van der Waals surface area (Å²) >= 11 is 0.